The molecule has 14 aromatic rings. The highest BCUT2D eigenvalue weighted by Crippen LogP contribution is 2.51. The number of hydrogen-bond donors (Lipinski definition) is 0. The van der Waals surface area contributed by atoms with E-state index in [0.29, 0.717) is 0 Å². The first-order chi connectivity index (χ1) is 38.6. The van der Waals surface area contributed by atoms with E-state index in [-0.39, 0.29) is 0 Å². The van der Waals surface area contributed by atoms with Gasteiger partial charge in [0.15, 0.2) is 0 Å². The molecule has 0 unspecified atom stereocenters. The highest BCUT2D eigenvalue weighted by Gasteiger charge is 2.23. The molecule has 366 valence electrons. The molecule has 0 aliphatic rings. The van der Waals surface area contributed by atoms with Crippen molar-refractivity contribution in [3.05, 3.63) is 297 Å². The SMILES string of the molecule is COc1ccc(-c2cc(-c3cc(-c4ccccc4)cc(-c4ccccc4)c3)c3ccc4c(-c5cc(-c6ccccc6)cc(-c6ccccc6)c5)cc(-c5cc(-c6ccccc6)cc(-c6ccccc6)c5)c5ccc2c3c54)cc1. The Labute approximate surface area is 456 Å². The first-order valence-electron chi connectivity index (χ1n) is 26.8. The quantitative estimate of drug-likeness (QED) is 0.117. The number of benzene rings is 14. The molecule has 0 aliphatic heterocycles. The maximum absolute atomic E-state index is 5.75. The molecule has 0 amide bonds. The van der Waals surface area contributed by atoms with Gasteiger partial charge in [-0.05, 0) is 222 Å². The molecule has 78 heavy (non-hydrogen) atoms. The second kappa shape index (κ2) is 19.9. The Balaban J connectivity index is 1.13. The lowest BCUT2D eigenvalue weighted by molar-refractivity contribution is 0.415. The summed E-state index contributed by atoms with van der Waals surface area (Å²) in [6, 6.07) is 109. The van der Waals surface area contributed by atoms with Crippen molar-refractivity contribution >= 4 is 32.3 Å². The Morgan fingerprint density at radius 3 is 0.628 bits per heavy atom. The molecular formula is C77H52O. The van der Waals surface area contributed by atoms with E-state index in [9.17, 15) is 0 Å². The molecule has 0 fully saturated rings. The van der Waals surface area contributed by atoms with E-state index in [2.05, 4.69) is 297 Å². The van der Waals surface area contributed by atoms with Gasteiger partial charge in [0.2, 0.25) is 0 Å². The second-order valence-corrected chi connectivity index (χ2v) is 20.3. The second-order valence-electron chi connectivity index (χ2n) is 20.3. The van der Waals surface area contributed by atoms with Crippen LogP contribution < -0.4 is 4.74 Å². The average molecular weight is 993 g/mol. The molecule has 14 aromatic carbocycles. The van der Waals surface area contributed by atoms with Crippen molar-refractivity contribution in [3.63, 3.8) is 0 Å². The van der Waals surface area contributed by atoms with Crippen LogP contribution in [0.4, 0.5) is 0 Å². The van der Waals surface area contributed by atoms with Gasteiger partial charge in [0.05, 0.1) is 7.11 Å². The number of rotatable bonds is 11. The Morgan fingerprint density at radius 1 is 0.179 bits per heavy atom. The predicted molar refractivity (Wildman–Crippen MR) is 331 cm³/mol. The van der Waals surface area contributed by atoms with Gasteiger partial charge >= 0.3 is 0 Å². The summed E-state index contributed by atoms with van der Waals surface area (Å²) >= 11 is 0. The lowest BCUT2D eigenvalue weighted by Gasteiger charge is -2.23. The Bertz CT molecular complexity index is 4130. The first kappa shape index (κ1) is 46.5. The van der Waals surface area contributed by atoms with Gasteiger partial charge in [0, 0.05) is 0 Å². The van der Waals surface area contributed by atoms with Crippen molar-refractivity contribution < 1.29 is 4.74 Å². The zero-order valence-electron chi connectivity index (χ0n) is 43.2. The van der Waals surface area contributed by atoms with Crippen molar-refractivity contribution in [2.75, 3.05) is 7.11 Å². The van der Waals surface area contributed by atoms with E-state index in [0.717, 1.165) is 28.0 Å². The zero-order valence-corrected chi connectivity index (χ0v) is 43.2. The molecule has 14 rings (SSSR count). The van der Waals surface area contributed by atoms with Gasteiger partial charge in [-0.1, -0.05) is 218 Å². The summed E-state index contributed by atoms with van der Waals surface area (Å²) in [6.45, 7) is 0. The fourth-order valence-electron chi connectivity index (χ4n) is 11.9. The molecule has 0 heterocycles. The maximum Gasteiger partial charge on any atom is 0.118 e. The van der Waals surface area contributed by atoms with Crippen LogP contribution in [-0.4, -0.2) is 7.11 Å². The Kier molecular flexibility index (Phi) is 11.8. The minimum Gasteiger partial charge on any atom is -0.497 e. The molecule has 1 nitrogen and oxygen atoms in total. The van der Waals surface area contributed by atoms with Crippen LogP contribution in [-0.2, 0) is 0 Å². The Hall–Kier alpha value is -10.1. The van der Waals surface area contributed by atoms with E-state index in [4.69, 9.17) is 4.74 Å². The molecule has 0 spiro atoms. The van der Waals surface area contributed by atoms with E-state index in [1.54, 1.807) is 7.11 Å². The van der Waals surface area contributed by atoms with Crippen LogP contribution in [0.3, 0.4) is 0 Å². The maximum atomic E-state index is 5.75. The average Bonchev–Trinajstić information content (AvgIpc) is 3.63. The summed E-state index contributed by atoms with van der Waals surface area (Å²) < 4.78 is 5.75. The van der Waals surface area contributed by atoms with Crippen LogP contribution in [0, 0.1) is 0 Å². The smallest absolute Gasteiger partial charge is 0.118 e. The highest BCUT2D eigenvalue weighted by molar-refractivity contribution is 6.32. The van der Waals surface area contributed by atoms with Crippen LogP contribution in [0.2, 0.25) is 0 Å². The van der Waals surface area contributed by atoms with Crippen molar-refractivity contribution in [3.8, 4) is 117 Å². The van der Waals surface area contributed by atoms with Gasteiger partial charge in [-0.15, -0.1) is 0 Å². The monoisotopic (exact) mass is 992 g/mol. The summed E-state index contributed by atoms with van der Waals surface area (Å²) in [4.78, 5) is 0. The van der Waals surface area contributed by atoms with Gasteiger partial charge in [0.1, 0.15) is 5.75 Å². The summed E-state index contributed by atoms with van der Waals surface area (Å²) in [5.41, 5.74) is 23.5. The molecule has 0 atom stereocenters. The van der Waals surface area contributed by atoms with Crippen molar-refractivity contribution in [2.45, 2.75) is 0 Å². The van der Waals surface area contributed by atoms with Gasteiger partial charge in [-0.3, -0.25) is 0 Å². The molecule has 0 bridgehead atoms. The van der Waals surface area contributed by atoms with Gasteiger partial charge in [-0.25, -0.2) is 0 Å². The van der Waals surface area contributed by atoms with E-state index < -0.39 is 0 Å². The number of methoxy groups -OCH3 is 1. The number of ether oxygens (including phenoxy) is 1. The molecule has 0 N–H and O–H groups in total. The fourth-order valence-corrected chi connectivity index (χ4v) is 11.9. The summed E-state index contributed by atoms with van der Waals surface area (Å²) in [5.74, 6) is 0.828. The largest absolute Gasteiger partial charge is 0.497 e. The van der Waals surface area contributed by atoms with Crippen LogP contribution in [0.25, 0.3) is 144 Å². The summed E-state index contributed by atoms with van der Waals surface area (Å²) in [7, 11) is 1.74. The molecule has 0 aliphatic carbocycles. The van der Waals surface area contributed by atoms with Gasteiger partial charge < -0.3 is 4.74 Å². The van der Waals surface area contributed by atoms with Crippen LogP contribution in [0.5, 0.6) is 5.75 Å². The minimum atomic E-state index is 0.828. The van der Waals surface area contributed by atoms with Crippen molar-refractivity contribution in [1.82, 2.24) is 0 Å². The molecule has 0 saturated carbocycles. The highest BCUT2D eigenvalue weighted by atomic mass is 16.5. The lowest BCUT2D eigenvalue weighted by Crippen LogP contribution is -1.96. The van der Waals surface area contributed by atoms with Crippen LogP contribution >= 0.6 is 0 Å². The number of hydrogen-bond acceptors (Lipinski definition) is 1. The van der Waals surface area contributed by atoms with Crippen molar-refractivity contribution in [2.24, 2.45) is 0 Å². The van der Waals surface area contributed by atoms with E-state index in [1.807, 2.05) is 0 Å². The van der Waals surface area contributed by atoms with Crippen molar-refractivity contribution in [1.29, 1.82) is 0 Å². The lowest BCUT2D eigenvalue weighted by atomic mass is 9.80. The molecule has 0 saturated heterocycles. The fraction of sp³-hybridized carbons (Fsp3) is 0.0130. The third-order valence-electron chi connectivity index (χ3n) is 15.7. The van der Waals surface area contributed by atoms with E-state index in [1.165, 1.54) is 121 Å². The Morgan fingerprint density at radius 2 is 0.397 bits per heavy atom. The third-order valence-corrected chi connectivity index (χ3v) is 15.7. The standard InChI is InChI=1S/C77H52O/c1-78-67-34-32-57(33-35-67)72-49-73(64-43-58(51-20-8-2-9-21-51)40-59(44-64)52-22-10-3-11-23-52)69-38-39-71-75(66-47-62(55-28-16-6-17-29-55)42-63(48-66)56-30-18-7-19-31-56)50-74(70-37-36-68(72)76(69)77(70)71)65-45-60(53-24-12-4-13-25-53)41-61(46-65)54-26-14-5-15-27-54/h2-50H,1H3. The van der Waals surface area contributed by atoms with Gasteiger partial charge in [0.25, 0.3) is 0 Å². The van der Waals surface area contributed by atoms with Crippen LogP contribution in [0.1, 0.15) is 0 Å². The normalized spacial score (nSPS) is 11.4. The minimum absolute atomic E-state index is 0.828. The topological polar surface area (TPSA) is 9.23 Å². The van der Waals surface area contributed by atoms with Gasteiger partial charge in [-0.2, -0.15) is 0 Å². The zero-order chi connectivity index (χ0) is 51.9. The molecule has 0 aromatic heterocycles. The summed E-state index contributed by atoms with van der Waals surface area (Å²) in [5, 5.41) is 7.31. The molecule has 1 heteroatoms. The predicted octanol–water partition coefficient (Wildman–Crippen LogP) is 21.3. The third kappa shape index (κ3) is 8.58. The molecule has 0 radical (unpaired) electrons. The molecular weight excluding hydrogens is 941 g/mol. The van der Waals surface area contributed by atoms with E-state index >= 15 is 0 Å². The summed E-state index contributed by atoms with van der Waals surface area (Å²) in [6.07, 6.45) is 0. The first-order valence-corrected chi connectivity index (χ1v) is 26.8. The van der Waals surface area contributed by atoms with Crippen LogP contribution in [0.15, 0.2) is 297 Å².